The van der Waals surface area contributed by atoms with Crippen LogP contribution in [0.25, 0.3) is 0 Å². The summed E-state index contributed by atoms with van der Waals surface area (Å²) in [6.45, 7) is 7.11. The van der Waals surface area contributed by atoms with Crippen LogP contribution in [0, 0.1) is 0 Å². The van der Waals surface area contributed by atoms with Gasteiger partial charge in [-0.05, 0) is 13.0 Å². The van der Waals surface area contributed by atoms with Crippen LogP contribution in [0.1, 0.15) is 13.3 Å². The van der Waals surface area contributed by atoms with Crippen molar-refractivity contribution in [3.05, 3.63) is 12.4 Å². The molecule has 2 rings (SSSR count). The lowest BCUT2D eigenvalue weighted by Gasteiger charge is -2.20. The number of amides is 1. The van der Waals surface area contributed by atoms with Gasteiger partial charge in [0.1, 0.15) is 0 Å². The number of aromatic nitrogens is 3. The van der Waals surface area contributed by atoms with Crippen LogP contribution >= 0.6 is 0 Å². The van der Waals surface area contributed by atoms with Gasteiger partial charge in [-0.15, -0.1) is 0 Å². The summed E-state index contributed by atoms with van der Waals surface area (Å²) in [4.78, 5) is 17.3. The molecule has 0 radical (unpaired) electrons. The molecular weight excluding hydrogens is 218 g/mol. The molecule has 1 aliphatic rings. The van der Waals surface area contributed by atoms with Crippen molar-refractivity contribution in [2.75, 3.05) is 32.7 Å². The number of nitrogens with zero attached hydrogens (tertiary/aromatic N) is 5. The topological polar surface area (TPSA) is 54.3 Å². The van der Waals surface area contributed by atoms with E-state index in [9.17, 15) is 4.79 Å². The third-order valence-corrected chi connectivity index (χ3v) is 3.12. The first kappa shape index (κ1) is 12.0. The van der Waals surface area contributed by atoms with Crippen molar-refractivity contribution < 1.29 is 4.79 Å². The van der Waals surface area contributed by atoms with Crippen LogP contribution in [0.3, 0.4) is 0 Å². The summed E-state index contributed by atoms with van der Waals surface area (Å²) >= 11 is 0. The predicted molar refractivity (Wildman–Crippen MR) is 63.3 cm³/mol. The maximum absolute atomic E-state index is 11.3. The molecule has 1 aromatic rings. The molecule has 94 valence electrons. The van der Waals surface area contributed by atoms with Crippen LogP contribution in [0.4, 0.5) is 0 Å². The monoisotopic (exact) mass is 237 g/mol. The Morgan fingerprint density at radius 2 is 1.88 bits per heavy atom. The third-order valence-electron chi connectivity index (χ3n) is 3.12. The van der Waals surface area contributed by atoms with Crippen LogP contribution in [-0.2, 0) is 11.3 Å². The Hall–Kier alpha value is -1.43. The lowest BCUT2D eigenvalue weighted by Crippen LogP contribution is -2.34. The Morgan fingerprint density at radius 3 is 2.59 bits per heavy atom. The first-order valence-corrected chi connectivity index (χ1v) is 6.07. The zero-order valence-corrected chi connectivity index (χ0v) is 10.2. The molecule has 17 heavy (non-hydrogen) atoms. The molecule has 0 spiro atoms. The second-order valence-corrected chi connectivity index (χ2v) is 4.33. The minimum absolute atomic E-state index is 0.181. The van der Waals surface area contributed by atoms with E-state index in [-0.39, 0.29) is 5.91 Å². The Bertz CT molecular complexity index is 351. The number of hydrogen-bond acceptors (Lipinski definition) is 4. The van der Waals surface area contributed by atoms with Gasteiger partial charge in [-0.2, -0.15) is 15.0 Å². The number of hydrogen-bond donors (Lipinski definition) is 0. The van der Waals surface area contributed by atoms with Gasteiger partial charge in [0.05, 0.1) is 18.9 Å². The molecule has 2 heterocycles. The first-order valence-electron chi connectivity index (χ1n) is 6.07. The molecule has 6 heteroatoms. The largest absolute Gasteiger partial charge is 0.342 e. The van der Waals surface area contributed by atoms with Crippen molar-refractivity contribution in [2.45, 2.75) is 19.9 Å². The van der Waals surface area contributed by atoms with Crippen molar-refractivity contribution in [2.24, 2.45) is 0 Å². The Balaban J connectivity index is 1.77. The van der Waals surface area contributed by atoms with Crippen LogP contribution in [0.15, 0.2) is 12.4 Å². The van der Waals surface area contributed by atoms with Gasteiger partial charge in [-0.25, -0.2) is 0 Å². The van der Waals surface area contributed by atoms with Gasteiger partial charge in [0, 0.05) is 33.1 Å². The fourth-order valence-corrected chi connectivity index (χ4v) is 2.10. The minimum atomic E-state index is 0.181. The van der Waals surface area contributed by atoms with Gasteiger partial charge in [-0.3, -0.25) is 9.69 Å². The second kappa shape index (κ2) is 5.77. The van der Waals surface area contributed by atoms with Crippen molar-refractivity contribution >= 4 is 5.91 Å². The fraction of sp³-hybridized carbons (Fsp3) is 0.727. The van der Waals surface area contributed by atoms with Gasteiger partial charge < -0.3 is 4.90 Å². The Labute approximate surface area is 101 Å². The molecule has 0 aromatic carbocycles. The molecule has 0 atom stereocenters. The van der Waals surface area contributed by atoms with Crippen LogP contribution < -0.4 is 0 Å². The molecule has 1 saturated heterocycles. The quantitative estimate of drug-likeness (QED) is 0.732. The van der Waals surface area contributed by atoms with Crippen molar-refractivity contribution in [1.82, 2.24) is 24.8 Å². The van der Waals surface area contributed by atoms with Gasteiger partial charge in [0.15, 0.2) is 0 Å². The molecule has 1 aromatic heterocycles. The van der Waals surface area contributed by atoms with E-state index in [1.54, 1.807) is 24.1 Å². The molecule has 1 aliphatic heterocycles. The molecular formula is C11H19N5O. The number of rotatable bonds is 3. The molecule has 0 saturated carbocycles. The standard InChI is InChI=1S/C11H19N5O/c1-11(17)15-6-2-5-14(7-9-15)8-10-16-12-3-4-13-16/h3-4H,2,5-10H2,1H3. The van der Waals surface area contributed by atoms with Crippen molar-refractivity contribution in [3.8, 4) is 0 Å². The molecule has 0 aliphatic carbocycles. The summed E-state index contributed by atoms with van der Waals surface area (Å²) < 4.78 is 0. The summed E-state index contributed by atoms with van der Waals surface area (Å²) in [6.07, 6.45) is 4.44. The zero-order chi connectivity index (χ0) is 12.1. The van der Waals surface area contributed by atoms with Crippen LogP contribution in [-0.4, -0.2) is 63.4 Å². The molecule has 0 N–H and O–H groups in total. The van der Waals surface area contributed by atoms with E-state index in [4.69, 9.17) is 0 Å². The summed E-state index contributed by atoms with van der Waals surface area (Å²) in [5.41, 5.74) is 0. The summed E-state index contributed by atoms with van der Waals surface area (Å²) in [5.74, 6) is 0.181. The van der Waals surface area contributed by atoms with Gasteiger partial charge >= 0.3 is 0 Å². The molecule has 1 amide bonds. The van der Waals surface area contributed by atoms with Crippen molar-refractivity contribution in [3.63, 3.8) is 0 Å². The highest BCUT2D eigenvalue weighted by molar-refractivity contribution is 5.73. The average Bonchev–Trinajstić information content (AvgIpc) is 2.70. The average molecular weight is 237 g/mol. The summed E-state index contributed by atoms with van der Waals surface area (Å²) in [7, 11) is 0. The Kier molecular flexibility index (Phi) is 4.08. The SMILES string of the molecule is CC(=O)N1CCCN(CCn2nccn2)CC1. The number of carbonyl (C=O) groups is 1. The highest BCUT2D eigenvalue weighted by atomic mass is 16.2. The maximum atomic E-state index is 11.3. The van der Waals surface area contributed by atoms with Gasteiger partial charge in [0.25, 0.3) is 0 Å². The molecule has 0 unspecified atom stereocenters. The summed E-state index contributed by atoms with van der Waals surface area (Å²) in [5, 5.41) is 8.16. The van der Waals surface area contributed by atoms with Gasteiger partial charge in [0.2, 0.25) is 5.91 Å². The second-order valence-electron chi connectivity index (χ2n) is 4.33. The van der Waals surface area contributed by atoms with E-state index < -0.39 is 0 Å². The highest BCUT2D eigenvalue weighted by Crippen LogP contribution is 2.03. The lowest BCUT2D eigenvalue weighted by molar-refractivity contribution is -0.128. The molecule has 0 bridgehead atoms. The van der Waals surface area contributed by atoms with Crippen molar-refractivity contribution in [1.29, 1.82) is 0 Å². The number of carbonyl (C=O) groups excluding carboxylic acids is 1. The van der Waals surface area contributed by atoms with E-state index in [0.29, 0.717) is 0 Å². The van der Waals surface area contributed by atoms with Crippen LogP contribution in [0.2, 0.25) is 0 Å². The first-order chi connectivity index (χ1) is 8.25. The summed E-state index contributed by atoms with van der Waals surface area (Å²) in [6, 6.07) is 0. The fourth-order valence-electron chi connectivity index (χ4n) is 2.10. The maximum Gasteiger partial charge on any atom is 0.219 e. The molecule has 6 nitrogen and oxygen atoms in total. The van der Waals surface area contributed by atoms with E-state index in [0.717, 1.165) is 45.7 Å². The lowest BCUT2D eigenvalue weighted by atomic mass is 10.4. The van der Waals surface area contributed by atoms with E-state index in [2.05, 4.69) is 15.1 Å². The predicted octanol–water partition coefficient (Wildman–Crippen LogP) is -0.168. The third kappa shape index (κ3) is 3.52. The van der Waals surface area contributed by atoms with E-state index in [1.165, 1.54) is 0 Å². The van der Waals surface area contributed by atoms with Gasteiger partial charge in [-0.1, -0.05) is 0 Å². The minimum Gasteiger partial charge on any atom is -0.342 e. The highest BCUT2D eigenvalue weighted by Gasteiger charge is 2.16. The van der Waals surface area contributed by atoms with Crippen LogP contribution in [0.5, 0.6) is 0 Å². The zero-order valence-electron chi connectivity index (χ0n) is 10.2. The molecule has 1 fully saturated rings. The normalized spacial score (nSPS) is 18.1. The smallest absolute Gasteiger partial charge is 0.219 e. The Morgan fingerprint density at radius 1 is 1.12 bits per heavy atom. The van der Waals surface area contributed by atoms with E-state index >= 15 is 0 Å². The van der Waals surface area contributed by atoms with E-state index in [1.807, 2.05) is 4.90 Å².